The summed E-state index contributed by atoms with van der Waals surface area (Å²) in [5.74, 6) is -0.835. The number of likely N-dealkylation sites (tertiary alicyclic amines) is 1. The second-order valence-electron chi connectivity index (χ2n) is 5.78. The summed E-state index contributed by atoms with van der Waals surface area (Å²) in [4.78, 5) is 25.8. The van der Waals surface area contributed by atoms with Crippen molar-refractivity contribution in [1.29, 1.82) is 0 Å². The number of methoxy groups -OCH3 is 1. The van der Waals surface area contributed by atoms with Crippen molar-refractivity contribution in [3.05, 3.63) is 30.1 Å². The van der Waals surface area contributed by atoms with Crippen molar-refractivity contribution in [1.82, 2.24) is 25.1 Å². The van der Waals surface area contributed by atoms with Crippen LogP contribution in [-0.4, -0.2) is 61.3 Å². The van der Waals surface area contributed by atoms with E-state index < -0.39 is 11.5 Å². The van der Waals surface area contributed by atoms with E-state index in [0.717, 1.165) is 0 Å². The van der Waals surface area contributed by atoms with Crippen LogP contribution >= 0.6 is 0 Å². The highest BCUT2D eigenvalue weighted by Gasteiger charge is 2.46. The number of hydrogen-bond acceptors (Lipinski definition) is 6. The van der Waals surface area contributed by atoms with Gasteiger partial charge in [-0.1, -0.05) is 0 Å². The molecule has 0 radical (unpaired) electrons. The number of amides is 1. The SMILES string of the molecule is COc1ccc(C(=O)N2CCCC2(C)C(=O)O)cc1-n1cnnn1. The second-order valence-corrected chi connectivity index (χ2v) is 5.78. The first-order valence-corrected chi connectivity index (χ1v) is 7.44. The Hall–Kier alpha value is -2.97. The number of carbonyl (C=O) groups is 2. The smallest absolute Gasteiger partial charge is 0.329 e. The quantitative estimate of drug-likeness (QED) is 0.880. The van der Waals surface area contributed by atoms with Gasteiger partial charge < -0.3 is 14.7 Å². The zero-order chi connectivity index (χ0) is 17.3. The molecule has 1 aliphatic rings. The van der Waals surface area contributed by atoms with Gasteiger partial charge in [0.15, 0.2) is 0 Å². The molecule has 0 aliphatic carbocycles. The molecule has 1 fully saturated rings. The van der Waals surface area contributed by atoms with E-state index in [1.54, 1.807) is 25.1 Å². The zero-order valence-corrected chi connectivity index (χ0v) is 13.3. The van der Waals surface area contributed by atoms with Crippen LogP contribution in [0.5, 0.6) is 5.75 Å². The molecule has 3 rings (SSSR count). The molecule has 1 unspecified atom stereocenters. The van der Waals surface area contributed by atoms with E-state index in [0.29, 0.717) is 36.4 Å². The van der Waals surface area contributed by atoms with E-state index in [2.05, 4.69) is 15.5 Å². The van der Waals surface area contributed by atoms with Gasteiger partial charge in [-0.05, 0) is 48.4 Å². The number of benzene rings is 1. The van der Waals surface area contributed by atoms with Gasteiger partial charge in [-0.25, -0.2) is 4.79 Å². The Morgan fingerprint density at radius 2 is 2.17 bits per heavy atom. The predicted molar refractivity (Wildman–Crippen MR) is 82.0 cm³/mol. The number of hydrogen-bond donors (Lipinski definition) is 1. The Morgan fingerprint density at radius 3 is 2.79 bits per heavy atom. The number of carbonyl (C=O) groups excluding carboxylic acids is 1. The number of ether oxygens (including phenoxy) is 1. The summed E-state index contributed by atoms with van der Waals surface area (Å²) < 4.78 is 6.66. The Bertz CT molecular complexity index is 776. The molecule has 1 aliphatic heterocycles. The van der Waals surface area contributed by atoms with Gasteiger partial charge >= 0.3 is 5.97 Å². The Morgan fingerprint density at radius 1 is 1.38 bits per heavy atom. The lowest BCUT2D eigenvalue weighted by molar-refractivity contribution is -0.147. The maximum atomic E-state index is 12.8. The van der Waals surface area contributed by atoms with Crippen molar-refractivity contribution >= 4 is 11.9 Å². The third kappa shape index (κ3) is 2.47. The summed E-state index contributed by atoms with van der Waals surface area (Å²) in [7, 11) is 1.51. The summed E-state index contributed by atoms with van der Waals surface area (Å²) in [6.45, 7) is 1.99. The van der Waals surface area contributed by atoms with Crippen LogP contribution in [0.15, 0.2) is 24.5 Å². The maximum absolute atomic E-state index is 12.8. The molecule has 1 saturated heterocycles. The lowest BCUT2D eigenvalue weighted by Gasteiger charge is -2.31. The van der Waals surface area contributed by atoms with Gasteiger partial charge in [0, 0.05) is 12.1 Å². The van der Waals surface area contributed by atoms with Gasteiger partial charge in [0.1, 0.15) is 23.3 Å². The number of aliphatic carboxylic acids is 1. The first-order chi connectivity index (χ1) is 11.5. The van der Waals surface area contributed by atoms with E-state index in [1.165, 1.54) is 23.0 Å². The van der Waals surface area contributed by atoms with Crippen molar-refractivity contribution < 1.29 is 19.4 Å². The van der Waals surface area contributed by atoms with Crippen molar-refractivity contribution in [2.45, 2.75) is 25.3 Å². The number of carboxylic acids is 1. The van der Waals surface area contributed by atoms with Gasteiger partial charge in [-0.15, -0.1) is 5.10 Å². The third-order valence-electron chi connectivity index (χ3n) is 4.37. The van der Waals surface area contributed by atoms with Crippen LogP contribution in [0.25, 0.3) is 5.69 Å². The van der Waals surface area contributed by atoms with Crippen LogP contribution in [0.4, 0.5) is 0 Å². The second kappa shape index (κ2) is 5.91. The minimum absolute atomic E-state index is 0.339. The van der Waals surface area contributed by atoms with Gasteiger partial charge in [0.2, 0.25) is 0 Å². The fourth-order valence-electron chi connectivity index (χ4n) is 2.94. The third-order valence-corrected chi connectivity index (χ3v) is 4.37. The molecule has 126 valence electrons. The fraction of sp³-hybridized carbons (Fsp3) is 0.400. The molecule has 9 heteroatoms. The highest BCUT2D eigenvalue weighted by Crippen LogP contribution is 2.32. The molecule has 0 spiro atoms. The molecule has 1 amide bonds. The normalized spacial score (nSPS) is 20.2. The summed E-state index contributed by atoms with van der Waals surface area (Å²) in [6, 6.07) is 4.84. The first-order valence-electron chi connectivity index (χ1n) is 7.44. The van der Waals surface area contributed by atoms with E-state index in [4.69, 9.17) is 4.74 Å². The molecule has 2 aromatic rings. The zero-order valence-electron chi connectivity index (χ0n) is 13.3. The standard InChI is InChI=1S/C15H17N5O4/c1-15(14(22)23)6-3-7-19(15)13(21)10-4-5-12(24-2)11(8-10)20-9-16-17-18-20/h4-5,8-9H,3,6-7H2,1-2H3,(H,22,23). The lowest BCUT2D eigenvalue weighted by atomic mass is 9.98. The predicted octanol–water partition coefficient (Wildman–Crippen LogP) is 0.750. The van der Waals surface area contributed by atoms with Gasteiger partial charge in [0.25, 0.3) is 5.91 Å². The van der Waals surface area contributed by atoms with Crippen LogP contribution in [0.3, 0.4) is 0 Å². The van der Waals surface area contributed by atoms with Crippen molar-refractivity contribution in [3.8, 4) is 11.4 Å². The van der Waals surface area contributed by atoms with Crippen molar-refractivity contribution in [3.63, 3.8) is 0 Å². The largest absolute Gasteiger partial charge is 0.494 e. The molecule has 9 nitrogen and oxygen atoms in total. The summed E-state index contributed by atoms with van der Waals surface area (Å²) >= 11 is 0. The van der Waals surface area contributed by atoms with E-state index >= 15 is 0 Å². The minimum atomic E-state index is -1.19. The van der Waals surface area contributed by atoms with E-state index in [9.17, 15) is 14.7 Å². The average Bonchev–Trinajstić information content (AvgIpc) is 3.23. The van der Waals surface area contributed by atoms with Gasteiger partial charge in [-0.3, -0.25) is 4.79 Å². The summed E-state index contributed by atoms with van der Waals surface area (Å²) in [6.07, 6.45) is 2.48. The molecule has 1 aromatic heterocycles. The van der Waals surface area contributed by atoms with Crippen LogP contribution in [0.2, 0.25) is 0 Å². The number of aromatic nitrogens is 4. The minimum Gasteiger partial charge on any atom is -0.494 e. The van der Waals surface area contributed by atoms with Crippen LogP contribution in [0, 0.1) is 0 Å². The van der Waals surface area contributed by atoms with E-state index in [1.807, 2.05) is 0 Å². The van der Waals surface area contributed by atoms with E-state index in [-0.39, 0.29) is 5.91 Å². The molecule has 24 heavy (non-hydrogen) atoms. The molecule has 0 bridgehead atoms. The Balaban J connectivity index is 1.99. The molecule has 0 saturated carbocycles. The summed E-state index contributed by atoms with van der Waals surface area (Å²) in [5.41, 5.74) is -0.327. The highest BCUT2D eigenvalue weighted by atomic mass is 16.5. The number of carboxylic acid groups (broad SMARTS) is 1. The highest BCUT2D eigenvalue weighted by molar-refractivity contribution is 5.98. The molecule has 2 heterocycles. The summed E-state index contributed by atoms with van der Waals surface area (Å²) in [5, 5.41) is 20.4. The van der Waals surface area contributed by atoms with Crippen LogP contribution in [-0.2, 0) is 4.79 Å². The van der Waals surface area contributed by atoms with Crippen molar-refractivity contribution in [2.75, 3.05) is 13.7 Å². The van der Waals surface area contributed by atoms with Crippen LogP contribution in [0.1, 0.15) is 30.1 Å². The maximum Gasteiger partial charge on any atom is 0.329 e. The van der Waals surface area contributed by atoms with Gasteiger partial charge in [-0.2, -0.15) is 4.68 Å². The number of tetrazole rings is 1. The molecule has 1 atom stereocenters. The molecule has 1 aromatic carbocycles. The lowest BCUT2D eigenvalue weighted by Crippen LogP contribution is -2.50. The topological polar surface area (TPSA) is 110 Å². The van der Waals surface area contributed by atoms with Gasteiger partial charge in [0.05, 0.1) is 7.11 Å². The fourth-order valence-corrected chi connectivity index (χ4v) is 2.94. The van der Waals surface area contributed by atoms with Crippen molar-refractivity contribution in [2.24, 2.45) is 0 Å². The average molecular weight is 331 g/mol. The Labute approximate surface area is 137 Å². The number of nitrogens with zero attached hydrogens (tertiary/aromatic N) is 5. The number of rotatable bonds is 4. The molecular formula is C15H17N5O4. The monoisotopic (exact) mass is 331 g/mol. The molecular weight excluding hydrogens is 314 g/mol. The molecule has 1 N–H and O–H groups in total. The Kier molecular flexibility index (Phi) is 3.92. The van der Waals surface area contributed by atoms with Crippen LogP contribution < -0.4 is 4.74 Å². The first kappa shape index (κ1) is 15.9.